The van der Waals surface area contributed by atoms with E-state index in [0.29, 0.717) is 23.9 Å². The van der Waals surface area contributed by atoms with Gasteiger partial charge in [0.05, 0.1) is 39.9 Å². The lowest BCUT2D eigenvalue weighted by atomic mass is 10.0. The average Bonchev–Trinajstić information content (AvgIpc) is 3.16. The number of aliphatic hydroxyl groups excluding tert-OH is 1. The molecule has 9 heteroatoms. The van der Waals surface area contributed by atoms with Crippen LogP contribution >= 0.6 is 7.82 Å². The van der Waals surface area contributed by atoms with Gasteiger partial charge in [-0.1, -0.05) is 232 Å². The first-order chi connectivity index (χ1) is 27.5. The Labute approximate surface area is 355 Å². The standard InChI is InChI=1S/C48H99N2O6P/c1-6-8-10-12-14-16-18-20-22-23-24-25-26-28-29-31-33-35-37-39-41-47(51)46(45-56-57(53,54)55-44-43-50(3,4)5)49-48(52)42-40-38-36-34-32-30-27-21-19-17-15-13-11-9-7-2/h46-47,51H,6-45H2,1-5H3,(H-,49,52,53,54)/p+1. The van der Waals surface area contributed by atoms with E-state index < -0.39 is 20.0 Å². The third-order valence-corrected chi connectivity index (χ3v) is 12.6. The molecule has 1 amide bonds. The second kappa shape index (κ2) is 40.9. The van der Waals surface area contributed by atoms with Gasteiger partial charge >= 0.3 is 7.82 Å². The molecular formula is C48H100N2O6P+. The molecule has 0 rings (SSSR count). The molecule has 342 valence electrons. The number of quaternary nitrogens is 1. The van der Waals surface area contributed by atoms with E-state index in [0.717, 1.165) is 38.5 Å². The quantitative estimate of drug-likeness (QED) is 0.0321. The molecule has 0 aliphatic carbocycles. The van der Waals surface area contributed by atoms with Gasteiger partial charge in [0.25, 0.3) is 0 Å². The molecule has 0 aromatic rings. The highest BCUT2D eigenvalue weighted by Crippen LogP contribution is 2.43. The largest absolute Gasteiger partial charge is 0.472 e. The molecule has 0 aliphatic rings. The summed E-state index contributed by atoms with van der Waals surface area (Å²) >= 11 is 0. The number of phosphoric acid groups is 1. The summed E-state index contributed by atoms with van der Waals surface area (Å²) in [6.07, 6.45) is 45.6. The molecule has 0 fully saturated rings. The zero-order chi connectivity index (χ0) is 42.1. The summed E-state index contributed by atoms with van der Waals surface area (Å²) in [5.41, 5.74) is 0. The van der Waals surface area contributed by atoms with Crippen molar-refractivity contribution in [3.05, 3.63) is 0 Å². The molecule has 3 unspecified atom stereocenters. The van der Waals surface area contributed by atoms with E-state index in [2.05, 4.69) is 19.2 Å². The number of likely N-dealkylation sites (N-methyl/N-ethyl adjacent to an activating group) is 1. The first kappa shape index (κ1) is 56.5. The van der Waals surface area contributed by atoms with E-state index in [1.54, 1.807) is 0 Å². The van der Waals surface area contributed by atoms with Crippen LogP contribution in [0.1, 0.15) is 251 Å². The highest BCUT2D eigenvalue weighted by molar-refractivity contribution is 7.47. The Morgan fingerprint density at radius 1 is 0.526 bits per heavy atom. The number of amides is 1. The zero-order valence-corrected chi connectivity index (χ0v) is 39.8. The van der Waals surface area contributed by atoms with Crippen LogP contribution in [0.2, 0.25) is 0 Å². The fourth-order valence-corrected chi connectivity index (χ4v) is 8.37. The lowest BCUT2D eigenvalue weighted by Crippen LogP contribution is -2.46. The van der Waals surface area contributed by atoms with E-state index >= 15 is 0 Å². The van der Waals surface area contributed by atoms with Crippen molar-refractivity contribution in [2.24, 2.45) is 0 Å². The second-order valence-corrected chi connectivity index (χ2v) is 20.0. The fourth-order valence-electron chi connectivity index (χ4n) is 7.64. The van der Waals surface area contributed by atoms with E-state index in [1.165, 1.54) is 186 Å². The number of phosphoric ester groups is 1. The highest BCUT2D eigenvalue weighted by atomic mass is 31.2. The lowest BCUT2D eigenvalue weighted by molar-refractivity contribution is -0.870. The van der Waals surface area contributed by atoms with Crippen LogP contribution in [0.25, 0.3) is 0 Å². The van der Waals surface area contributed by atoms with Gasteiger partial charge in [-0.25, -0.2) is 4.57 Å². The number of carbonyl (C=O) groups is 1. The van der Waals surface area contributed by atoms with Crippen molar-refractivity contribution >= 4 is 13.7 Å². The van der Waals surface area contributed by atoms with Gasteiger partial charge in [0.1, 0.15) is 13.2 Å². The van der Waals surface area contributed by atoms with Crippen molar-refractivity contribution in [1.82, 2.24) is 5.32 Å². The van der Waals surface area contributed by atoms with E-state index in [1.807, 2.05) is 21.1 Å². The summed E-state index contributed by atoms with van der Waals surface area (Å²) in [4.78, 5) is 23.2. The van der Waals surface area contributed by atoms with Gasteiger partial charge < -0.3 is 19.8 Å². The summed E-state index contributed by atoms with van der Waals surface area (Å²) < 4.78 is 23.7. The average molecular weight is 832 g/mol. The molecular weight excluding hydrogens is 732 g/mol. The number of hydrogen-bond acceptors (Lipinski definition) is 5. The van der Waals surface area contributed by atoms with Gasteiger partial charge in [0.2, 0.25) is 5.91 Å². The topological polar surface area (TPSA) is 105 Å². The normalized spacial score (nSPS) is 14.2. The van der Waals surface area contributed by atoms with Crippen molar-refractivity contribution < 1.29 is 32.9 Å². The second-order valence-electron chi connectivity index (χ2n) is 18.6. The molecule has 3 N–H and O–H groups in total. The smallest absolute Gasteiger partial charge is 0.391 e. The van der Waals surface area contributed by atoms with Gasteiger partial charge in [0, 0.05) is 6.42 Å². The maximum atomic E-state index is 12.9. The Kier molecular flexibility index (Phi) is 40.5. The van der Waals surface area contributed by atoms with Crippen LogP contribution < -0.4 is 5.32 Å². The van der Waals surface area contributed by atoms with Crippen molar-refractivity contribution in [1.29, 1.82) is 0 Å². The molecule has 0 saturated carbocycles. The number of aliphatic hydroxyl groups is 1. The number of unbranched alkanes of at least 4 members (excludes halogenated alkanes) is 33. The summed E-state index contributed by atoms with van der Waals surface area (Å²) in [5.74, 6) is -0.139. The molecule has 0 radical (unpaired) electrons. The van der Waals surface area contributed by atoms with Crippen LogP contribution in [0, 0.1) is 0 Å². The number of carbonyl (C=O) groups excluding carboxylic acids is 1. The summed E-state index contributed by atoms with van der Waals surface area (Å²) in [5, 5.41) is 14.0. The fraction of sp³-hybridized carbons (Fsp3) is 0.979. The third-order valence-electron chi connectivity index (χ3n) is 11.6. The third kappa shape index (κ3) is 43.4. The van der Waals surface area contributed by atoms with Crippen molar-refractivity contribution in [3.63, 3.8) is 0 Å². The van der Waals surface area contributed by atoms with E-state index in [9.17, 15) is 19.4 Å². The highest BCUT2D eigenvalue weighted by Gasteiger charge is 2.28. The van der Waals surface area contributed by atoms with Crippen LogP contribution in [0.4, 0.5) is 0 Å². The minimum absolute atomic E-state index is 0.0788. The predicted molar refractivity (Wildman–Crippen MR) is 245 cm³/mol. The molecule has 0 aromatic heterocycles. The molecule has 8 nitrogen and oxygen atoms in total. The molecule has 0 aromatic carbocycles. The van der Waals surface area contributed by atoms with Crippen molar-refractivity contribution in [2.45, 2.75) is 264 Å². The predicted octanol–water partition coefficient (Wildman–Crippen LogP) is 14.1. The van der Waals surface area contributed by atoms with Gasteiger partial charge in [0.15, 0.2) is 0 Å². The molecule has 57 heavy (non-hydrogen) atoms. The summed E-state index contributed by atoms with van der Waals surface area (Å²) in [7, 11) is 1.63. The summed E-state index contributed by atoms with van der Waals surface area (Å²) in [6.45, 7) is 4.92. The maximum absolute atomic E-state index is 12.9. The molecule has 0 bridgehead atoms. The number of nitrogens with one attached hydrogen (secondary N) is 1. The SMILES string of the molecule is CCCCCCCCCCCCCCCCCCCCCCC(O)C(COP(=O)(O)OCC[N+](C)(C)C)NC(=O)CCCCCCCCCCCCCCCCC. The molecule has 0 spiro atoms. The van der Waals surface area contributed by atoms with Crippen LogP contribution in [-0.2, 0) is 18.4 Å². The Balaban J connectivity index is 4.24. The Hall–Kier alpha value is -0.500. The van der Waals surface area contributed by atoms with Crippen molar-refractivity contribution in [3.8, 4) is 0 Å². The lowest BCUT2D eigenvalue weighted by Gasteiger charge is -2.26. The minimum Gasteiger partial charge on any atom is -0.391 e. The zero-order valence-electron chi connectivity index (χ0n) is 38.9. The van der Waals surface area contributed by atoms with Crippen LogP contribution in [0.15, 0.2) is 0 Å². The molecule has 0 heterocycles. The Morgan fingerprint density at radius 3 is 1.18 bits per heavy atom. The van der Waals surface area contributed by atoms with Gasteiger partial charge in [-0.05, 0) is 12.8 Å². The molecule has 3 atom stereocenters. The monoisotopic (exact) mass is 832 g/mol. The number of hydrogen-bond donors (Lipinski definition) is 3. The maximum Gasteiger partial charge on any atom is 0.472 e. The van der Waals surface area contributed by atoms with E-state index in [4.69, 9.17) is 9.05 Å². The van der Waals surface area contributed by atoms with Crippen molar-refractivity contribution in [2.75, 3.05) is 40.9 Å². The van der Waals surface area contributed by atoms with Gasteiger partial charge in [-0.3, -0.25) is 13.8 Å². The first-order valence-electron chi connectivity index (χ1n) is 24.9. The Morgan fingerprint density at radius 2 is 0.842 bits per heavy atom. The number of rotatable bonds is 46. The molecule has 0 saturated heterocycles. The van der Waals surface area contributed by atoms with Crippen LogP contribution in [0.3, 0.4) is 0 Å². The van der Waals surface area contributed by atoms with Crippen LogP contribution in [-0.4, -0.2) is 73.4 Å². The summed E-state index contributed by atoms with van der Waals surface area (Å²) in [6, 6.07) is -0.753. The minimum atomic E-state index is -4.31. The Bertz CT molecular complexity index is 901. The van der Waals surface area contributed by atoms with E-state index in [-0.39, 0.29) is 19.1 Å². The molecule has 0 aliphatic heterocycles. The number of nitrogens with zero attached hydrogens (tertiary/aromatic N) is 1. The van der Waals surface area contributed by atoms with Gasteiger partial charge in [-0.15, -0.1) is 0 Å². The van der Waals surface area contributed by atoms with Gasteiger partial charge in [-0.2, -0.15) is 0 Å². The first-order valence-corrected chi connectivity index (χ1v) is 26.4. The van der Waals surface area contributed by atoms with Crippen LogP contribution in [0.5, 0.6) is 0 Å².